The molecule has 0 heterocycles. The van der Waals surface area contributed by atoms with Crippen LogP contribution in [0.4, 0.5) is 5.69 Å². The molecule has 1 N–H and O–H groups in total. The minimum Gasteiger partial charge on any atom is -0.352 e. The molecule has 2 rings (SSSR count). The number of carbonyl (C=O) groups excluding carboxylic acids is 2. The molecule has 0 aliphatic carbocycles. The van der Waals surface area contributed by atoms with Crippen molar-refractivity contribution in [1.29, 1.82) is 0 Å². The van der Waals surface area contributed by atoms with Gasteiger partial charge in [-0.15, -0.1) is 0 Å². The van der Waals surface area contributed by atoms with E-state index in [0.29, 0.717) is 0 Å². The second kappa shape index (κ2) is 12.2. The van der Waals surface area contributed by atoms with Gasteiger partial charge in [0, 0.05) is 17.1 Å². The average molecular weight is 593 g/mol. The normalized spacial score (nSPS) is 13.1. The van der Waals surface area contributed by atoms with Gasteiger partial charge in [-0.05, 0) is 56.2 Å². The molecular formula is C23H28BrCl2N3O4S. The highest BCUT2D eigenvalue weighted by atomic mass is 79.9. The number of anilines is 1. The van der Waals surface area contributed by atoms with Gasteiger partial charge in [-0.2, -0.15) is 0 Å². The summed E-state index contributed by atoms with van der Waals surface area (Å²) in [6.45, 7) is 5.07. The molecule has 2 aromatic carbocycles. The molecule has 7 nitrogen and oxygen atoms in total. The molecule has 0 unspecified atom stereocenters. The van der Waals surface area contributed by atoms with Crippen LogP contribution in [0.2, 0.25) is 10.0 Å². The van der Waals surface area contributed by atoms with Gasteiger partial charge in [-0.3, -0.25) is 13.9 Å². The lowest BCUT2D eigenvalue weighted by molar-refractivity contribution is -0.139. The monoisotopic (exact) mass is 591 g/mol. The van der Waals surface area contributed by atoms with Gasteiger partial charge >= 0.3 is 0 Å². The molecule has 186 valence electrons. The molecule has 2 amide bonds. The zero-order chi connectivity index (χ0) is 25.6. The quantitative estimate of drug-likeness (QED) is 0.427. The van der Waals surface area contributed by atoms with Crippen LogP contribution in [0.3, 0.4) is 0 Å². The van der Waals surface area contributed by atoms with Crippen molar-refractivity contribution in [2.45, 2.75) is 45.8 Å². The number of rotatable bonds is 10. The Morgan fingerprint density at radius 1 is 1.06 bits per heavy atom. The number of sulfonamides is 1. The Balaban J connectivity index is 2.39. The van der Waals surface area contributed by atoms with Crippen molar-refractivity contribution in [2.75, 3.05) is 17.1 Å². The third kappa shape index (κ3) is 7.86. The van der Waals surface area contributed by atoms with Crippen LogP contribution in [0.5, 0.6) is 0 Å². The maximum atomic E-state index is 13.5. The number of nitrogens with zero attached hydrogens (tertiary/aromatic N) is 2. The molecule has 0 radical (unpaired) electrons. The van der Waals surface area contributed by atoms with E-state index in [1.54, 1.807) is 6.92 Å². The van der Waals surface area contributed by atoms with E-state index >= 15 is 0 Å². The van der Waals surface area contributed by atoms with Crippen LogP contribution in [0.1, 0.15) is 32.8 Å². The van der Waals surface area contributed by atoms with Crippen LogP contribution in [-0.2, 0) is 26.2 Å². The maximum Gasteiger partial charge on any atom is 0.244 e. The third-order valence-electron chi connectivity index (χ3n) is 5.30. The van der Waals surface area contributed by atoms with Crippen LogP contribution in [0.15, 0.2) is 46.9 Å². The Labute approximate surface area is 219 Å². The number of carbonyl (C=O) groups is 2. The zero-order valence-electron chi connectivity index (χ0n) is 19.4. The van der Waals surface area contributed by atoms with Gasteiger partial charge in [0.25, 0.3) is 0 Å². The second-order valence-electron chi connectivity index (χ2n) is 8.01. The van der Waals surface area contributed by atoms with Gasteiger partial charge in [0.2, 0.25) is 21.8 Å². The first-order valence-corrected chi connectivity index (χ1v) is 14.0. The van der Waals surface area contributed by atoms with Crippen LogP contribution < -0.4 is 9.62 Å². The van der Waals surface area contributed by atoms with E-state index < -0.39 is 28.5 Å². The number of benzene rings is 2. The number of halogens is 3. The van der Waals surface area contributed by atoms with Crippen molar-refractivity contribution in [3.63, 3.8) is 0 Å². The zero-order valence-corrected chi connectivity index (χ0v) is 23.3. The summed E-state index contributed by atoms with van der Waals surface area (Å²) in [5.41, 5.74) is 0.991. The first-order chi connectivity index (χ1) is 15.8. The van der Waals surface area contributed by atoms with Crippen LogP contribution in [-0.4, -0.2) is 50.0 Å². The Bertz CT molecular complexity index is 1130. The molecule has 2 aromatic rings. The first kappa shape index (κ1) is 28.4. The van der Waals surface area contributed by atoms with Gasteiger partial charge < -0.3 is 10.2 Å². The summed E-state index contributed by atoms with van der Waals surface area (Å²) < 4.78 is 27.0. The van der Waals surface area contributed by atoms with Crippen molar-refractivity contribution in [3.05, 3.63) is 62.5 Å². The van der Waals surface area contributed by atoms with Crippen LogP contribution in [0, 0.1) is 0 Å². The summed E-state index contributed by atoms with van der Waals surface area (Å²) in [6, 6.07) is 10.7. The van der Waals surface area contributed by atoms with E-state index in [-0.39, 0.29) is 34.2 Å². The molecular weight excluding hydrogens is 565 g/mol. The van der Waals surface area contributed by atoms with E-state index in [1.165, 1.54) is 23.1 Å². The Kier molecular flexibility index (Phi) is 10.2. The summed E-state index contributed by atoms with van der Waals surface area (Å²) >= 11 is 15.4. The lowest BCUT2D eigenvalue weighted by atomic mass is 10.1. The fraction of sp³-hybridized carbons (Fsp3) is 0.391. The molecule has 34 heavy (non-hydrogen) atoms. The van der Waals surface area contributed by atoms with Crippen molar-refractivity contribution >= 4 is 66.7 Å². The number of hydrogen-bond acceptors (Lipinski definition) is 4. The molecule has 0 fully saturated rings. The van der Waals surface area contributed by atoms with Crippen molar-refractivity contribution < 1.29 is 18.0 Å². The van der Waals surface area contributed by atoms with Crippen molar-refractivity contribution in [1.82, 2.24) is 10.2 Å². The molecule has 0 spiro atoms. The number of hydrogen-bond donors (Lipinski definition) is 1. The van der Waals surface area contributed by atoms with E-state index in [0.717, 1.165) is 27.0 Å². The lowest BCUT2D eigenvalue weighted by Gasteiger charge is -2.32. The summed E-state index contributed by atoms with van der Waals surface area (Å²) in [5, 5.41) is 3.31. The Morgan fingerprint density at radius 3 is 2.21 bits per heavy atom. The predicted octanol–water partition coefficient (Wildman–Crippen LogP) is 4.85. The maximum absolute atomic E-state index is 13.5. The second-order valence-corrected chi connectivity index (χ2v) is 11.6. The summed E-state index contributed by atoms with van der Waals surface area (Å²) in [7, 11) is -3.85. The first-order valence-electron chi connectivity index (χ1n) is 10.6. The minimum atomic E-state index is -3.85. The highest BCUT2D eigenvalue weighted by Gasteiger charge is 2.30. The summed E-state index contributed by atoms with van der Waals surface area (Å²) in [5.74, 6) is -0.855. The molecule has 0 aliphatic heterocycles. The molecule has 11 heteroatoms. The van der Waals surface area contributed by atoms with Gasteiger partial charge in [-0.25, -0.2) is 8.42 Å². The molecule has 0 saturated carbocycles. The predicted molar refractivity (Wildman–Crippen MR) is 141 cm³/mol. The van der Waals surface area contributed by atoms with Crippen LogP contribution >= 0.6 is 39.1 Å². The highest BCUT2D eigenvalue weighted by Crippen LogP contribution is 2.28. The molecule has 0 saturated heterocycles. The van der Waals surface area contributed by atoms with E-state index in [4.69, 9.17) is 23.2 Å². The van der Waals surface area contributed by atoms with E-state index in [2.05, 4.69) is 21.2 Å². The number of nitrogens with one attached hydrogen (secondary N) is 1. The van der Waals surface area contributed by atoms with Gasteiger partial charge in [0.15, 0.2) is 0 Å². The molecule has 0 aromatic heterocycles. The molecule has 0 bridgehead atoms. The van der Waals surface area contributed by atoms with Gasteiger partial charge in [0.05, 0.1) is 22.0 Å². The lowest BCUT2D eigenvalue weighted by Crippen LogP contribution is -2.52. The van der Waals surface area contributed by atoms with Gasteiger partial charge in [-0.1, -0.05) is 58.2 Å². The van der Waals surface area contributed by atoms with Crippen molar-refractivity contribution in [2.24, 2.45) is 0 Å². The van der Waals surface area contributed by atoms with Crippen molar-refractivity contribution in [3.8, 4) is 0 Å². The van der Waals surface area contributed by atoms with Crippen LogP contribution in [0.25, 0.3) is 0 Å². The molecule has 0 aliphatic rings. The Hall–Kier alpha value is -1.81. The Morgan fingerprint density at radius 2 is 1.68 bits per heavy atom. The highest BCUT2D eigenvalue weighted by molar-refractivity contribution is 9.10. The minimum absolute atomic E-state index is 0.0664. The third-order valence-corrected chi connectivity index (χ3v) is 7.71. The van der Waals surface area contributed by atoms with E-state index in [1.807, 2.05) is 38.1 Å². The summed E-state index contributed by atoms with van der Waals surface area (Å²) in [4.78, 5) is 27.7. The fourth-order valence-corrected chi connectivity index (χ4v) is 4.49. The smallest absolute Gasteiger partial charge is 0.244 e. The van der Waals surface area contributed by atoms with Gasteiger partial charge in [0.1, 0.15) is 12.6 Å². The largest absolute Gasteiger partial charge is 0.352 e. The summed E-state index contributed by atoms with van der Waals surface area (Å²) in [6.07, 6.45) is 1.74. The molecule has 2 atom stereocenters. The SMILES string of the molecule is CC[C@H](C)NC(=O)[C@H](C)N(Cc1ccc(Br)cc1)C(=O)CN(c1ccc(Cl)c(Cl)c1)S(C)(=O)=O. The standard InChI is InChI=1S/C23H28BrCl2N3O4S/c1-5-15(2)27-23(31)16(3)28(13-17-6-8-18(24)9-7-17)22(30)14-29(34(4,32)33)19-10-11-20(25)21(26)12-19/h6-12,15-16H,5,13-14H2,1-4H3,(H,27,31)/t15-,16-/m0/s1. The fourth-order valence-electron chi connectivity index (χ4n) is 3.09. The topological polar surface area (TPSA) is 86.8 Å². The average Bonchev–Trinajstić information content (AvgIpc) is 2.77. The van der Waals surface area contributed by atoms with E-state index in [9.17, 15) is 18.0 Å². The number of amides is 2.